The quantitative estimate of drug-likeness (QED) is 0.752. The lowest BCUT2D eigenvalue weighted by molar-refractivity contribution is 0.213. The molecular weight excluding hydrogens is 248 g/mol. The molecule has 0 fully saturated rings. The molecule has 0 aliphatic carbocycles. The number of unbranched alkanes of at least 4 members (excludes halogenated alkanes) is 1. The van der Waals surface area contributed by atoms with Gasteiger partial charge in [0.25, 0.3) is 0 Å². The molecule has 0 radical (unpaired) electrons. The van der Waals surface area contributed by atoms with Crippen LogP contribution in [-0.4, -0.2) is 31.6 Å². The van der Waals surface area contributed by atoms with E-state index in [1.807, 2.05) is 12.1 Å². The molecule has 1 atom stereocenters. The van der Waals surface area contributed by atoms with Crippen LogP contribution in [-0.2, 0) is 5.54 Å². The number of benzene rings is 1. The highest BCUT2D eigenvalue weighted by Gasteiger charge is 2.28. The van der Waals surface area contributed by atoms with Crippen molar-refractivity contribution < 1.29 is 4.74 Å². The Kier molecular flexibility index (Phi) is 7.03. The second kappa shape index (κ2) is 8.28. The molecule has 0 saturated heterocycles. The SMILES string of the molecule is CCCCC(N)(CN(CC)CC)c1ccc(OC)cc1. The normalized spacial score (nSPS) is 14.3. The van der Waals surface area contributed by atoms with Crippen molar-refractivity contribution in [3.63, 3.8) is 0 Å². The van der Waals surface area contributed by atoms with Gasteiger partial charge in [0.2, 0.25) is 0 Å². The number of methoxy groups -OCH3 is 1. The van der Waals surface area contributed by atoms with E-state index in [2.05, 4.69) is 37.8 Å². The zero-order valence-electron chi connectivity index (χ0n) is 13.5. The van der Waals surface area contributed by atoms with Crippen molar-refractivity contribution in [2.24, 2.45) is 5.73 Å². The molecule has 2 N–H and O–H groups in total. The van der Waals surface area contributed by atoms with Crippen LogP contribution in [0.15, 0.2) is 24.3 Å². The molecule has 3 nitrogen and oxygen atoms in total. The van der Waals surface area contributed by atoms with Gasteiger partial charge in [0, 0.05) is 6.54 Å². The molecule has 1 aromatic rings. The zero-order chi connectivity index (χ0) is 15.0. The van der Waals surface area contributed by atoms with Gasteiger partial charge in [-0.3, -0.25) is 0 Å². The highest BCUT2D eigenvalue weighted by molar-refractivity contribution is 5.32. The number of likely N-dealkylation sites (N-methyl/N-ethyl adjacent to an activating group) is 1. The van der Waals surface area contributed by atoms with Gasteiger partial charge in [-0.05, 0) is 37.2 Å². The zero-order valence-corrected chi connectivity index (χ0v) is 13.5. The molecule has 1 unspecified atom stereocenters. The van der Waals surface area contributed by atoms with Crippen LogP contribution in [0.3, 0.4) is 0 Å². The van der Waals surface area contributed by atoms with Gasteiger partial charge < -0.3 is 15.4 Å². The third-order valence-electron chi connectivity index (χ3n) is 4.04. The standard InChI is InChI=1S/C17H30N2O/c1-5-8-13-17(18,14-19(6-2)7-3)15-9-11-16(20-4)12-10-15/h9-12H,5-8,13-14,18H2,1-4H3. The fraction of sp³-hybridized carbons (Fsp3) is 0.647. The van der Waals surface area contributed by atoms with Crippen LogP contribution in [0.25, 0.3) is 0 Å². The maximum atomic E-state index is 6.77. The summed E-state index contributed by atoms with van der Waals surface area (Å²) < 4.78 is 5.24. The van der Waals surface area contributed by atoms with Gasteiger partial charge >= 0.3 is 0 Å². The lowest BCUT2D eigenvalue weighted by atomic mass is 9.85. The molecule has 0 bridgehead atoms. The van der Waals surface area contributed by atoms with Crippen molar-refractivity contribution >= 4 is 0 Å². The van der Waals surface area contributed by atoms with Crippen molar-refractivity contribution in [3.05, 3.63) is 29.8 Å². The number of nitrogens with two attached hydrogens (primary N) is 1. The van der Waals surface area contributed by atoms with Crippen molar-refractivity contribution in [2.45, 2.75) is 45.6 Å². The molecule has 1 aromatic carbocycles. The summed E-state index contributed by atoms with van der Waals surface area (Å²) in [5.41, 5.74) is 7.70. The number of nitrogens with zero attached hydrogens (tertiary/aromatic N) is 1. The van der Waals surface area contributed by atoms with Gasteiger partial charge in [0.05, 0.1) is 12.6 Å². The molecular formula is C17H30N2O. The Balaban J connectivity index is 2.95. The molecule has 0 saturated carbocycles. The lowest BCUT2D eigenvalue weighted by Crippen LogP contribution is -2.47. The molecule has 1 rings (SSSR count). The predicted molar refractivity (Wildman–Crippen MR) is 86.2 cm³/mol. The summed E-state index contributed by atoms with van der Waals surface area (Å²) in [6, 6.07) is 8.23. The molecule has 0 aliphatic heterocycles. The Hall–Kier alpha value is -1.06. The molecule has 20 heavy (non-hydrogen) atoms. The maximum Gasteiger partial charge on any atom is 0.118 e. The Morgan fingerprint density at radius 3 is 2.15 bits per heavy atom. The summed E-state index contributed by atoms with van der Waals surface area (Å²) in [4.78, 5) is 2.40. The second-order valence-corrected chi connectivity index (χ2v) is 5.45. The summed E-state index contributed by atoms with van der Waals surface area (Å²) in [7, 11) is 1.69. The molecule has 3 heteroatoms. The Morgan fingerprint density at radius 1 is 1.10 bits per heavy atom. The van der Waals surface area contributed by atoms with E-state index in [0.29, 0.717) is 0 Å². The van der Waals surface area contributed by atoms with Crippen LogP contribution in [0.4, 0.5) is 0 Å². The number of ether oxygens (including phenoxy) is 1. The third kappa shape index (κ3) is 4.50. The fourth-order valence-corrected chi connectivity index (χ4v) is 2.58. The molecule has 0 heterocycles. The monoisotopic (exact) mass is 278 g/mol. The van der Waals surface area contributed by atoms with E-state index in [-0.39, 0.29) is 5.54 Å². The van der Waals surface area contributed by atoms with Gasteiger partial charge in [-0.1, -0.05) is 45.7 Å². The lowest BCUT2D eigenvalue weighted by Gasteiger charge is -2.35. The molecule has 114 valence electrons. The van der Waals surface area contributed by atoms with Crippen molar-refractivity contribution in [2.75, 3.05) is 26.7 Å². The minimum atomic E-state index is -0.270. The third-order valence-corrected chi connectivity index (χ3v) is 4.04. The minimum absolute atomic E-state index is 0.270. The number of hydrogen-bond donors (Lipinski definition) is 1. The first-order chi connectivity index (χ1) is 9.59. The van der Waals surface area contributed by atoms with Crippen LogP contribution < -0.4 is 10.5 Å². The second-order valence-electron chi connectivity index (χ2n) is 5.45. The van der Waals surface area contributed by atoms with Crippen molar-refractivity contribution in [1.29, 1.82) is 0 Å². The van der Waals surface area contributed by atoms with Gasteiger partial charge in [-0.15, -0.1) is 0 Å². The fourth-order valence-electron chi connectivity index (χ4n) is 2.58. The van der Waals surface area contributed by atoms with E-state index < -0.39 is 0 Å². The van der Waals surface area contributed by atoms with Crippen LogP contribution >= 0.6 is 0 Å². The van der Waals surface area contributed by atoms with Gasteiger partial charge in [0.1, 0.15) is 5.75 Å². The summed E-state index contributed by atoms with van der Waals surface area (Å²) in [6.07, 6.45) is 3.35. The summed E-state index contributed by atoms with van der Waals surface area (Å²) in [5.74, 6) is 0.884. The van der Waals surface area contributed by atoms with E-state index in [1.54, 1.807) is 7.11 Å². The molecule has 0 spiro atoms. The Labute approximate surface area is 124 Å². The van der Waals surface area contributed by atoms with E-state index >= 15 is 0 Å². The predicted octanol–water partition coefficient (Wildman–Crippen LogP) is 3.38. The molecule has 0 aliphatic rings. The van der Waals surface area contributed by atoms with Crippen LogP contribution in [0, 0.1) is 0 Å². The number of hydrogen-bond acceptors (Lipinski definition) is 3. The summed E-state index contributed by atoms with van der Waals surface area (Å²) in [5, 5.41) is 0. The van der Waals surface area contributed by atoms with Crippen LogP contribution in [0.1, 0.15) is 45.6 Å². The first-order valence-electron chi connectivity index (χ1n) is 7.75. The van der Waals surface area contributed by atoms with Crippen LogP contribution in [0.5, 0.6) is 5.75 Å². The van der Waals surface area contributed by atoms with Gasteiger partial charge in [-0.2, -0.15) is 0 Å². The average molecular weight is 278 g/mol. The first-order valence-corrected chi connectivity index (χ1v) is 7.75. The smallest absolute Gasteiger partial charge is 0.118 e. The topological polar surface area (TPSA) is 38.5 Å². The Bertz CT molecular complexity index is 373. The highest BCUT2D eigenvalue weighted by Crippen LogP contribution is 2.27. The number of rotatable bonds is 9. The van der Waals surface area contributed by atoms with Crippen molar-refractivity contribution in [1.82, 2.24) is 4.90 Å². The van der Waals surface area contributed by atoms with E-state index in [9.17, 15) is 0 Å². The van der Waals surface area contributed by atoms with E-state index in [4.69, 9.17) is 10.5 Å². The van der Waals surface area contributed by atoms with Crippen molar-refractivity contribution in [3.8, 4) is 5.75 Å². The van der Waals surface area contributed by atoms with Crippen LogP contribution in [0.2, 0.25) is 0 Å². The molecule has 0 amide bonds. The Morgan fingerprint density at radius 2 is 1.70 bits per heavy atom. The average Bonchev–Trinajstić information content (AvgIpc) is 2.50. The van der Waals surface area contributed by atoms with E-state index in [1.165, 1.54) is 12.0 Å². The minimum Gasteiger partial charge on any atom is -0.497 e. The van der Waals surface area contributed by atoms with E-state index in [0.717, 1.165) is 38.2 Å². The van der Waals surface area contributed by atoms with Gasteiger partial charge in [0.15, 0.2) is 0 Å². The summed E-state index contributed by atoms with van der Waals surface area (Å²) >= 11 is 0. The first kappa shape index (κ1) is 17.0. The largest absolute Gasteiger partial charge is 0.497 e. The highest BCUT2D eigenvalue weighted by atomic mass is 16.5. The summed E-state index contributed by atoms with van der Waals surface area (Å²) in [6.45, 7) is 9.59. The van der Waals surface area contributed by atoms with Gasteiger partial charge in [-0.25, -0.2) is 0 Å². The molecule has 0 aromatic heterocycles. The maximum absolute atomic E-state index is 6.77.